The third-order valence-electron chi connectivity index (χ3n) is 4.79. The lowest BCUT2D eigenvalue weighted by Crippen LogP contribution is -2.15. The van der Waals surface area contributed by atoms with Gasteiger partial charge in [-0.1, -0.05) is 6.07 Å². The van der Waals surface area contributed by atoms with Gasteiger partial charge in [-0.15, -0.1) is 11.8 Å². The van der Waals surface area contributed by atoms with Gasteiger partial charge in [0.2, 0.25) is 5.91 Å². The highest BCUT2D eigenvalue weighted by molar-refractivity contribution is 8.00. The van der Waals surface area contributed by atoms with Crippen molar-refractivity contribution in [2.45, 2.75) is 4.90 Å². The van der Waals surface area contributed by atoms with E-state index in [9.17, 15) is 9.59 Å². The van der Waals surface area contributed by atoms with Crippen molar-refractivity contribution in [1.82, 2.24) is 0 Å². The number of nitrogens with one attached hydrogen (secondary N) is 2. The van der Waals surface area contributed by atoms with Crippen LogP contribution in [0.5, 0.6) is 23.0 Å². The van der Waals surface area contributed by atoms with Crippen molar-refractivity contribution in [3.63, 3.8) is 0 Å². The molecule has 3 aromatic rings. The summed E-state index contributed by atoms with van der Waals surface area (Å²) in [6, 6.07) is 17.4. The third-order valence-corrected chi connectivity index (χ3v) is 5.78. The smallest absolute Gasteiger partial charge is 0.255 e. The van der Waals surface area contributed by atoms with Gasteiger partial charge >= 0.3 is 0 Å². The number of carbonyl (C=O) groups excluding carboxylic acids is 2. The number of ether oxygens (including phenoxy) is 4. The molecule has 178 valence electrons. The number of methoxy groups -OCH3 is 4. The number of carbonyl (C=O) groups is 2. The Bertz CT molecular complexity index is 1170. The Labute approximate surface area is 202 Å². The van der Waals surface area contributed by atoms with Gasteiger partial charge in [0, 0.05) is 22.2 Å². The molecule has 0 unspecified atom stereocenters. The third kappa shape index (κ3) is 6.35. The van der Waals surface area contributed by atoms with Crippen LogP contribution >= 0.6 is 11.8 Å². The van der Waals surface area contributed by atoms with E-state index in [1.807, 2.05) is 18.2 Å². The van der Waals surface area contributed by atoms with Gasteiger partial charge < -0.3 is 29.6 Å². The topological polar surface area (TPSA) is 95.1 Å². The fourth-order valence-electron chi connectivity index (χ4n) is 3.09. The summed E-state index contributed by atoms with van der Waals surface area (Å²) in [6.07, 6.45) is 0. The Balaban J connectivity index is 1.62. The number of hydrogen-bond acceptors (Lipinski definition) is 7. The van der Waals surface area contributed by atoms with Crippen LogP contribution in [0.25, 0.3) is 0 Å². The van der Waals surface area contributed by atoms with Crippen molar-refractivity contribution in [3.8, 4) is 23.0 Å². The molecule has 2 N–H and O–H groups in total. The molecule has 0 fully saturated rings. The first-order chi connectivity index (χ1) is 16.5. The first-order valence-corrected chi connectivity index (χ1v) is 11.2. The average Bonchev–Trinajstić information content (AvgIpc) is 2.87. The Hall–Kier alpha value is -3.85. The molecule has 3 aromatic carbocycles. The SMILES string of the molecule is COc1ccc(OC)c(NC(=O)CSc2cccc(NC(=O)c3ccc(OC)c(OC)c3)c2)c1. The predicted octanol–water partition coefficient (Wildman–Crippen LogP) is 4.70. The van der Waals surface area contributed by atoms with Gasteiger partial charge in [0.05, 0.1) is 39.9 Å². The number of anilines is 2. The number of benzene rings is 3. The van der Waals surface area contributed by atoms with Crippen LogP contribution < -0.4 is 29.6 Å². The van der Waals surface area contributed by atoms with E-state index in [1.165, 1.54) is 33.1 Å². The van der Waals surface area contributed by atoms with Crippen LogP contribution in [-0.2, 0) is 4.79 Å². The molecule has 0 aliphatic carbocycles. The van der Waals surface area contributed by atoms with E-state index in [4.69, 9.17) is 18.9 Å². The summed E-state index contributed by atoms with van der Waals surface area (Å²) >= 11 is 1.35. The molecule has 0 aromatic heterocycles. The largest absolute Gasteiger partial charge is 0.497 e. The Kier molecular flexibility index (Phi) is 8.64. The molecule has 0 heterocycles. The molecule has 3 rings (SSSR count). The Morgan fingerprint density at radius 2 is 1.50 bits per heavy atom. The normalized spacial score (nSPS) is 10.2. The minimum Gasteiger partial charge on any atom is -0.497 e. The van der Waals surface area contributed by atoms with Gasteiger partial charge in [0.25, 0.3) is 5.91 Å². The van der Waals surface area contributed by atoms with Crippen LogP contribution in [0.4, 0.5) is 11.4 Å². The molecule has 0 radical (unpaired) electrons. The zero-order chi connectivity index (χ0) is 24.5. The van der Waals surface area contributed by atoms with Crippen molar-refractivity contribution in [2.24, 2.45) is 0 Å². The van der Waals surface area contributed by atoms with Crippen molar-refractivity contribution < 1.29 is 28.5 Å². The summed E-state index contributed by atoms with van der Waals surface area (Å²) in [5, 5.41) is 5.70. The summed E-state index contributed by atoms with van der Waals surface area (Å²) < 4.78 is 21.0. The van der Waals surface area contributed by atoms with Crippen LogP contribution in [-0.4, -0.2) is 46.0 Å². The highest BCUT2D eigenvalue weighted by atomic mass is 32.2. The van der Waals surface area contributed by atoms with Gasteiger partial charge in [0.1, 0.15) is 11.5 Å². The number of thioether (sulfide) groups is 1. The van der Waals surface area contributed by atoms with E-state index < -0.39 is 0 Å². The van der Waals surface area contributed by atoms with E-state index in [1.54, 1.807) is 49.6 Å². The van der Waals surface area contributed by atoms with Gasteiger partial charge in [-0.05, 0) is 48.5 Å². The predicted molar refractivity (Wildman–Crippen MR) is 133 cm³/mol. The van der Waals surface area contributed by atoms with E-state index in [0.717, 1.165) is 4.90 Å². The molecule has 0 saturated carbocycles. The molecule has 2 amide bonds. The second kappa shape index (κ2) is 11.9. The van der Waals surface area contributed by atoms with Crippen LogP contribution in [0, 0.1) is 0 Å². The first kappa shape index (κ1) is 24.8. The second-order valence-electron chi connectivity index (χ2n) is 6.95. The first-order valence-electron chi connectivity index (χ1n) is 10.3. The molecular formula is C25H26N2O6S. The monoisotopic (exact) mass is 482 g/mol. The fraction of sp³-hybridized carbons (Fsp3) is 0.200. The van der Waals surface area contributed by atoms with Crippen molar-refractivity contribution >= 4 is 35.0 Å². The molecule has 0 bridgehead atoms. The highest BCUT2D eigenvalue weighted by Gasteiger charge is 2.13. The maximum Gasteiger partial charge on any atom is 0.255 e. The maximum atomic E-state index is 12.7. The second-order valence-corrected chi connectivity index (χ2v) is 8.00. The molecule has 34 heavy (non-hydrogen) atoms. The Morgan fingerprint density at radius 3 is 2.21 bits per heavy atom. The van der Waals surface area contributed by atoms with Gasteiger partial charge in [-0.3, -0.25) is 9.59 Å². The molecule has 0 aliphatic heterocycles. The van der Waals surface area contributed by atoms with Gasteiger partial charge in [-0.2, -0.15) is 0 Å². The average molecular weight is 483 g/mol. The molecule has 8 nitrogen and oxygen atoms in total. The molecule has 0 spiro atoms. The lowest BCUT2D eigenvalue weighted by Gasteiger charge is -2.12. The van der Waals surface area contributed by atoms with Crippen LogP contribution in [0.3, 0.4) is 0 Å². The quantitative estimate of drug-likeness (QED) is 0.404. The standard InChI is InChI=1S/C25H26N2O6S/c1-30-18-9-11-21(31-2)20(14-18)27-24(28)15-34-19-7-5-6-17(13-19)26-25(29)16-8-10-22(32-3)23(12-16)33-4/h5-14H,15H2,1-4H3,(H,26,29)(H,27,28). The van der Waals surface area contributed by atoms with Crippen LogP contribution in [0.2, 0.25) is 0 Å². The lowest BCUT2D eigenvalue weighted by molar-refractivity contribution is -0.113. The van der Waals surface area contributed by atoms with Gasteiger partial charge in [-0.25, -0.2) is 0 Å². The minimum atomic E-state index is -0.286. The number of amides is 2. The molecule has 0 saturated heterocycles. The van der Waals surface area contributed by atoms with Gasteiger partial charge in [0.15, 0.2) is 11.5 Å². The van der Waals surface area contributed by atoms with E-state index in [2.05, 4.69) is 10.6 Å². The Morgan fingerprint density at radius 1 is 0.765 bits per heavy atom. The van der Waals surface area contributed by atoms with Crippen molar-refractivity contribution in [3.05, 3.63) is 66.2 Å². The maximum absolute atomic E-state index is 12.7. The van der Waals surface area contributed by atoms with E-state index >= 15 is 0 Å². The fourth-order valence-corrected chi connectivity index (χ4v) is 3.85. The summed E-state index contributed by atoms with van der Waals surface area (Å²) in [6.45, 7) is 0. The molecular weight excluding hydrogens is 456 g/mol. The van der Waals surface area contributed by atoms with E-state index in [0.29, 0.717) is 39.9 Å². The summed E-state index contributed by atoms with van der Waals surface area (Å²) in [7, 11) is 6.14. The lowest BCUT2D eigenvalue weighted by atomic mass is 10.2. The van der Waals surface area contributed by atoms with Crippen molar-refractivity contribution in [2.75, 3.05) is 44.8 Å². The number of hydrogen-bond donors (Lipinski definition) is 2. The molecule has 0 aliphatic rings. The van der Waals surface area contributed by atoms with E-state index in [-0.39, 0.29) is 17.6 Å². The highest BCUT2D eigenvalue weighted by Crippen LogP contribution is 2.30. The summed E-state index contributed by atoms with van der Waals surface area (Å²) in [4.78, 5) is 26.0. The number of rotatable bonds is 10. The molecule has 0 atom stereocenters. The summed E-state index contributed by atoms with van der Waals surface area (Å²) in [5.41, 5.74) is 1.57. The zero-order valence-corrected chi connectivity index (χ0v) is 20.2. The van der Waals surface area contributed by atoms with Crippen LogP contribution in [0.15, 0.2) is 65.6 Å². The minimum absolute atomic E-state index is 0.174. The van der Waals surface area contributed by atoms with Crippen LogP contribution in [0.1, 0.15) is 10.4 Å². The van der Waals surface area contributed by atoms with Crippen molar-refractivity contribution in [1.29, 1.82) is 0 Å². The summed E-state index contributed by atoms with van der Waals surface area (Å²) in [5.74, 6) is 1.86. The zero-order valence-electron chi connectivity index (χ0n) is 19.3. The molecule has 9 heteroatoms.